The number of amides is 1. The van der Waals surface area contributed by atoms with E-state index in [9.17, 15) is 35.1 Å². The number of carbonyl (C=O) groups excluding carboxylic acids is 2. The lowest BCUT2D eigenvalue weighted by Gasteiger charge is -2.41. The fourth-order valence-electron chi connectivity index (χ4n) is 11.3. The number of unbranched alkanes of at least 4 members (excludes halogenated alkanes) is 39. The number of aliphatic hydroxyl groups excluding tert-OH is 5. The monoisotopic (exact) mass is 1220 g/mol. The predicted octanol–water partition coefficient (Wildman–Crippen LogP) is 19.1. The number of nitrogens with one attached hydrogen (secondary N) is 1. The van der Waals surface area contributed by atoms with Crippen molar-refractivity contribution in [3.05, 3.63) is 72.9 Å². The molecule has 1 saturated heterocycles. The van der Waals surface area contributed by atoms with Crippen molar-refractivity contribution in [2.75, 3.05) is 13.2 Å². The second-order valence-electron chi connectivity index (χ2n) is 25.3. The minimum Gasteiger partial charge on any atom is -0.454 e. The smallest absolute Gasteiger partial charge is 0.306 e. The third-order valence-corrected chi connectivity index (χ3v) is 17.1. The van der Waals surface area contributed by atoms with Crippen LogP contribution in [0.15, 0.2) is 72.9 Å². The van der Waals surface area contributed by atoms with Crippen molar-refractivity contribution in [3.63, 3.8) is 0 Å². The molecule has 0 bridgehead atoms. The van der Waals surface area contributed by atoms with Gasteiger partial charge in [0.15, 0.2) is 12.4 Å². The van der Waals surface area contributed by atoms with E-state index in [-0.39, 0.29) is 19.4 Å². The lowest BCUT2D eigenvalue weighted by Crippen LogP contribution is -2.61. The van der Waals surface area contributed by atoms with Crippen molar-refractivity contribution in [1.29, 1.82) is 0 Å². The average molecular weight is 1220 g/mol. The van der Waals surface area contributed by atoms with Crippen LogP contribution in [0.4, 0.5) is 0 Å². The van der Waals surface area contributed by atoms with Crippen LogP contribution in [0.25, 0.3) is 0 Å². The first-order valence-corrected chi connectivity index (χ1v) is 36.7. The minimum absolute atomic E-state index is 0.122. The van der Waals surface area contributed by atoms with E-state index >= 15 is 0 Å². The first kappa shape index (κ1) is 82.1. The van der Waals surface area contributed by atoms with Crippen molar-refractivity contribution in [1.82, 2.24) is 5.32 Å². The van der Waals surface area contributed by atoms with Gasteiger partial charge in [-0.1, -0.05) is 306 Å². The number of esters is 1. The van der Waals surface area contributed by atoms with E-state index in [0.717, 1.165) is 83.5 Å². The average Bonchev–Trinajstić information content (AvgIpc) is 2.25. The lowest BCUT2D eigenvalue weighted by atomic mass is 9.99. The Labute approximate surface area is 534 Å². The minimum atomic E-state index is -1.62. The Morgan fingerprint density at radius 3 is 1.21 bits per heavy atom. The summed E-state index contributed by atoms with van der Waals surface area (Å²) in [5.41, 5.74) is 0. The predicted molar refractivity (Wildman–Crippen MR) is 366 cm³/mol. The molecule has 0 radical (unpaired) electrons. The van der Waals surface area contributed by atoms with E-state index in [4.69, 9.17) is 14.2 Å². The van der Waals surface area contributed by atoms with E-state index in [1.165, 1.54) is 205 Å². The summed E-state index contributed by atoms with van der Waals surface area (Å²) >= 11 is 0. The van der Waals surface area contributed by atoms with Crippen LogP contribution in [0, 0.1) is 0 Å². The Hall–Kier alpha value is -2.90. The highest BCUT2D eigenvalue weighted by molar-refractivity contribution is 5.80. The summed E-state index contributed by atoms with van der Waals surface area (Å²) < 4.78 is 17.7. The van der Waals surface area contributed by atoms with E-state index in [0.29, 0.717) is 12.8 Å². The zero-order chi connectivity index (χ0) is 63.1. The summed E-state index contributed by atoms with van der Waals surface area (Å²) in [5.74, 6) is -1.19. The number of hydrogen-bond acceptors (Lipinski definition) is 10. The summed E-state index contributed by atoms with van der Waals surface area (Å²) in [6, 6.07) is -1.03. The number of aliphatic hydroxyl groups is 5. The molecule has 87 heavy (non-hydrogen) atoms. The molecule has 1 fully saturated rings. The summed E-state index contributed by atoms with van der Waals surface area (Å²) in [7, 11) is 0. The molecule has 1 rings (SSSR count). The quantitative estimate of drug-likeness (QED) is 0.0195. The Morgan fingerprint density at radius 1 is 0.448 bits per heavy atom. The summed E-state index contributed by atoms with van der Waals surface area (Å²) in [6.07, 6.45) is 72.2. The van der Waals surface area contributed by atoms with Gasteiger partial charge < -0.3 is 45.1 Å². The Morgan fingerprint density at radius 2 is 0.793 bits per heavy atom. The molecule has 1 aliphatic heterocycles. The van der Waals surface area contributed by atoms with Gasteiger partial charge in [-0.05, 0) is 96.3 Å². The normalized spacial score (nSPS) is 18.6. The highest BCUT2D eigenvalue weighted by atomic mass is 16.7. The van der Waals surface area contributed by atoms with Crippen LogP contribution in [0.5, 0.6) is 0 Å². The molecule has 0 aliphatic carbocycles. The molecule has 11 heteroatoms. The molecule has 0 spiro atoms. The van der Waals surface area contributed by atoms with Crippen molar-refractivity contribution >= 4 is 11.9 Å². The first-order chi connectivity index (χ1) is 42.7. The third-order valence-electron chi connectivity index (χ3n) is 17.1. The molecule has 0 aromatic carbocycles. The van der Waals surface area contributed by atoms with Gasteiger partial charge in [-0.3, -0.25) is 9.59 Å². The molecule has 1 heterocycles. The van der Waals surface area contributed by atoms with Gasteiger partial charge in [0.2, 0.25) is 5.91 Å². The number of rotatable bonds is 63. The number of carbonyl (C=O) groups is 2. The van der Waals surface area contributed by atoms with E-state index in [2.05, 4.69) is 86.8 Å². The van der Waals surface area contributed by atoms with Gasteiger partial charge in [-0.15, -0.1) is 0 Å². The summed E-state index contributed by atoms with van der Waals surface area (Å²) in [4.78, 5) is 26.7. The lowest BCUT2D eigenvalue weighted by molar-refractivity contribution is -0.305. The van der Waals surface area contributed by atoms with Crippen LogP contribution in [0.2, 0.25) is 0 Å². The van der Waals surface area contributed by atoms with Crippen LogP contribution in [0.3, 0.4) is 0 Å². The highest BCUT2D eigenvalue weighted by Gasteiger charge is 2.47. The molecule has 0 aromatic rings. The maximum atomic E-state index is 13.5. The molecule has 0 aromatic heterocycles. The van der Waals surface area contributed by atoms with Crippen molar-refractivity contribution in [2.45, 2.75) is 384 Å². The molecule has 1 aliphatic rings. The van der Waals surface area contributed by atoms with E-state index in [1.807, 2.05) is 6.08 Å². The second kappa shape index (κ2) is 63.3. The molecular weight excluding hydrogens is 1090 g/mol. The van der Waals surface area contributed by atoms with Crippen LogP contribution in [-0.4, -0.2) is 99.6 Å². The molecule has 8 atom stereocenters. The molecular formula is C76H137NO10. The van der Waals surface area contributed by atoms with Crippen LogP contribution < -0.4 is 5.32 Å². The summed E-state index contributed by atoms with van der Waals surface area (Å²) in [5, 5.41) is 57.3. The van der Waals surface area contributed by atoms with Gasteiger partial charge in [-0.2, -0.15) is 0 Å². The Bertz CT molecular complexity index is 1690. The maximum Gasteiger partial charge on any atom is 0.306 e. The van der Waals surface area contributed by atoms with Gasteiger partial charge in [0.05, 0.1) is 25.4 Å². The van der Waals surface area contributed by atoms with E-state index in [1.54, 1.807) is 6.08 Å². The molecule has 6 N–H and O–H groups in total. The Balaban J connectivity index is 2.58. The molecule has 1 amide bonds. The van der Waals surface area contributed by atoms with E-state index < -0.39 is 67.4 Å². The first-order valence-electron chi connectivity index (χ1n) is 36.7. The zero-order valence-electron chi connectivity index (χ0n) is 56.4. The fourth-order valence-corrected chi connectivity index (χ4v) is 11.3. The van der Waals surface area contributed by atoms with Crippen molar-refractivity contribution < 1.29 is 49.3 Å². The molecule has 8 unspecified atom stereocenters. The fraction of sp³-hybridized carbons (Fsp3) is 0.816. The van der Waals surface area contributed by atoms with Crippen LogP contribution in [-0.2, 0) is 23.8 Å². The van der Waals surface area contributed by atoms with Crippen molar-refractivity contribution in [2.24, 2.45) is 0 Å². The van der Waals surface area contributed by atoms with Gasteiger partial charge >= 0.3 is 5.97 Å². The van der Waals surface area contributed by atoms with Gasteiger partial charge in [0, 0.05) is 6.42 Å². The van der Waals surface area contributed by atoms with Gasteiger partial charge in [0.1, 0.15) is 24.4 Å². The molecule has 506 valence electrons. The van der Waals surface area contributed by atoms with Gasteiger partial charge in [-0.25, -0.2) is 0 Å². The largest absolute Gasteiger partial charge is 0.454 e. The zero-order valence-corrected chi connectivity index (χ0v) is 56.4. The SMILES string of the molecule is CCCCC/C=C\C/C=C\C/C=C\CCCCCCCCCCCC(O)C(=O)NC(COC1OC(CO)C(O)C(O)C1OC(=O)CCCCCCCCCCCCCCC/C=C\C/C=C\CCCCC)C(O)/C=C/CCCCCCCCCCCCC. The van der Waals surface area contributed by atoms with Crippen LogP contribution in [0.1, 0.15) is 335 Å². The number of ether oxygens (including phenoxy) is 3. The highest BCUT2D eigenvalue weighted by Crippen LogP contribution is 2.26. The molecule has 11 nitrogen and oxygen atoms in total. The van der Waals surface area contributed by atoms with Crippen LogP contribution >= 0.6 is 0 Å². The standard InChI is InChI=1S/C76H137NO10/c1-4-7-10-13-16-19-22-25-27-29-31-33-35-37-39-41-43-46-49-52-55-58-61-64-71(81)87-74-73(83)72(82)70(65-78)86-76(74)85-66-67(68(79)62-59-56-53-50-47-44-24-21-18-15-12-9-6-3)77-75(84)69(80)63-60-57-54-51-48-45-42-40-38-36-34-32-30-28-26-23-20-17-14-11-8-5-2/h16-17,19-20,25-28,32,34,59,62,67-70,72-74,76,78-80,82-83H,4-15,18,21-24,29-31,33,35-58,60-61,63-66H2,1-3H3,(H,77,84)/b19-16-,20-17-,27-25-,28-26-,34-32-,62-59+. The number of allylic oxidation sites excluding steroid dienone is 11. The molecule has 0 saturated carbocycles. The topological polar surface area (TPSA) is 175 Å². The summed E-state index contributed by atoms with van der Waals surface area (Å²) in [6.45, 7) is 5.78. The van der Waals surface area contributed by atoms with Crippen molar-refractivity contribution in [3.8, 4) is 0 Å². The maximum absolute atomic E-state index is 13.5. The second-order valence-corrected chi connectivity index (χ2v) is 25.3. The third kappa shape index (κ3) is 50.4. The number of hydrogen-bond donors (Lipinski definition) is 6. The van der Waals surface area contributed by atoms with Gasteiger partial charge in [0.25, 0.3) is 0 Å². The Kier molecular flexibility index (Phi) is 59.7.